The van der Waals surface area contributed by atoms with Crippen LogP contribution in [0.2, 0.25) is 0 Å². The van der Waals surface area contributed by atoms with Crippen molar-refractivity contribution in [2.75, 3.05) is 6.79 Å². The molecule has 3 N–H and O–H groups in total. The fourth-order valence-electron chi connectivity index (χ4n) is 2.30. The standard InChI is InChI=1S/C16H16F2N4O3/c1-16(2,20-6-8-3-4-9(17)10(18)5-8)15-21-11(13(19)23)12-14(22-15)25-7-24-12/h3-5,20H,6-7H2,1-2H3,(H2,19,23). The second kappa shape index (κ2) is 6.25. The van der Waals surface area contributed by atoms with Crippen molar-refractivity contribution in [3.05, 3.63) is 46.9 Å². The summed E-state index contributed by atoms with van der Waals surface area (Å²) in [6.45, 7) is 3.70. The largest absolute Gasteiger partial charge is 0.449 e. The van der Waals surface area contributed by atoms with Gasteiger partial charge in [-0.25, -0.2) is 13.8 Å². The van der Waals surface area contributed by atoms with Crippen molar-refractivity contribution in [3.8, 4) is 11.6 Å². The Hall–Kier alpha value is -2.81. The third-order valence-corrected chi connectivity index (χ3v) is 3.74. The SMILES string of the molecule is CC(C)(NCc1ccc(F)c(F)c1)c1nc2c(c(C(N)=O)n1)OCO2. The molecular weight excluding hydrogens is 334 g/mol. The van der Waals surface area contributed by atoms with Gasteiger partial charge in [-0.3, -0.25) is 4.79 Å². The Kier molecular flexibility index (Phi) is 4.25. The molecule has 0 radical (unpaired) electrons. The molecule has 25 heavy (non-hydrogen) atoms. The first-order chi connectivity index (χ1) is 11.8. The molecule has 3 rings (SSSR count). The number of primary amides is 1. The number of nitrogens with two attached hydrogens (primary N) is 1. The topological polar surface area (TPSA) is 99.4 Å². The number of aromatic nitrogens is 2. The molecule has 1 aromatic heterocycles. The number of ether oxygens (including phenoxy) is 2. The van der Waals surface area contributed by atoms with Gasteiger partial charge in [0.2, 0.25) is 12.5 Å². The van der Waals surface area contributed by atoms with E-state index in [9.17, 15) is 13.6 Å². The Labute approximate surface area is 142 Å². The van der Waals surface area contributed by atoms with Gasteiger partial charge in [0.25, 0.3) is 11.8 Å². The van der Waals surface area contributed by atoms with Crippen molar-refractivity contribution in [2.24, 2.45) is 5.73 Å². The van der Waals surface area contributed by atoms with Crippen LogP contribution in [0.5, 0.6) is 11.6 Å². The number of nitrogens with zero attached hydrogens (tertiary/aromatic N) is 2. The lowest BCUT2D eigenvalue weighted by atomic mass is 10.0. The molecule has 0 aliphatic carbocycles. The smallest absolute Gasteiger partial charge is 0.271 e. The number of hydrogen-bond acceptors (Lipinski definition) is 6. The highest BCUT2D eigenvalue weighted by Gasteiger charge is 2.31. The maximum Gasteiger partial charge on any atom is 0.271 e. The predicted molar refractivity (Wildman–Crippen MR) is 82.9 cm³/mol. The molecule has 0 fully saturated rings. The zero-order valence-corrected chi connectivity index (χ0v) is 13.6. The lowest BCUT2D eigenvalue weighted by Crippen LogP contribution is -2.38. The van der Waals surface area contributed by atoms with Gasteiger partial charge in [-0.1, -0.05) is 6.07 Å². The van der Waals surface area contributed by atoms with E-state index in [2.05, 4.69) is 15.3 Å². The van der Waals surface area contributed by atoms with E-state index in [0.717, 1.165) is 12.1 Å². The molecule has 132 valence electrons. The quantitative estimate of drug-likeness (QED) is 0.850. The number of halogens is 2. The fraction of sp³-hybridized carbons (Fsp3) is 0.312. The first kappa shape index (κ1) is 17.0. The van der Waals surface area contributed by atoms with Crippen LogP contribution < -0.4 is 20.5 Å². The summed E-state index contributed by atoms with van der Waals surface area (Å²) in [4.78, 5) is 20.0. The number of carbonyl (C=O) groups excluding carboxylic acids is 1. The Morgan fingerprint density at radius 2 is 2.04 bits per heavy atom. The third-order valence-electron chi connectivity index (χ3n) is 3.74. The molecule has 2 heterocycles. The van der Waals surface area contributed by atoms with Gasteiger partial charge in [0.05, 0.1) is 5.54 Å². The lowest BCUT2D eigenvalue weighted by Gasteiger charge is -2.25. The van der Waals surface area contributed by atoms with Gasteiger partial charge in [0, 0.05) is 6.54 Å². The summed E-state index contributed by atoms with van der Waals surface area (Å²) in [5.41, 5.74) is 5.00. The molecule has 0 saturated carbocycles. The van der Waals surface area contributed by atoms with Crippen molar-refractivity contribution in [1.82, 2.24) is 15.3 Å². The van der Waals surface area contributed by atoms with Crippen LogP contribution in [0.4, 0.5) is 8.78 Å². The second-order valence-electron chi connectivity index (χ2n) is 6.03. The minimum Gasteiger partial charge on any atom is -0.449 e. The predicted octanol–water partition coefficient (Wildman–Crippen LogP) is 1.61. The molecule has 1 aliphatic heterocycles. The molecular formula is C16H16F2N4O3. The van der Waals surface area contributed by atoms with E-state index in [1.165, 1.54) is 6.07 Å². The third kappa shape index (κ3) is 3.36. The Morgan fingerprint density at radius 3 is 2.72 bits per heavy atom. The van der Waals surface area contributed by atoms with Gasteiger partial charge in [-0.05, 0) is 31.5 Å². The minimum atomic E-state index is -0.924. The molecule has 1 amide bonds. The number of rotatable bonds is 5. The average molecular weight is 350 g/mol. The fourth-order valence-corrected chi connectivity index (χ4v) is 2.30. The van der Waals surface area contributed by atoms with E-state index in [0.29, 0.717) is 5.56 Å². The number of amides is 1. The number of fused-ring (bicyclic) bond motifs is 1. The molecule has 0 atom stereocenters. The van der Waals surface area contributed by atoms with Gasteiger partial charge in [0.1, 0.15) is 0 Å². The van der Waals surface area contributed by atoms with E-state index in [4.69, 9.17) is 15.2 Å². The van der Waals surface area contributed by atoms with Crippen LogP contribution >= 0.6 is 0 Å². The number of carbonyl (C=O) groups is 1. The first-order valence-electron chi connectivity index (χ1n) is 7.45. The van der Waals surface area contributed by atoms with Crippen molar-refractivity contribution in [1.29, 1.82) is 0 Å². The average Bonchev–Trinajstić information content (AvgIpc) is 3.03. The van der Waals surface area contributed by atoms with Crippen LogP contribution in [0.15, 0.2) is 18.2 Å². The van der Waals surface area contributed by atoms with Crippen molar-refractivity contribution in [2.45, 2.75) is 25.9 Å². The maximum absolute atomic E-state index is 13.3. The molecule has 0 bridgehead atoms. The number of benzene rings is 1. The van der Waals surface area contributed by atoms with Crippen LogP contribution in [0, 0.1) is 11.6 Å². The summed E-state index contributed by atoms with van der Waals surface area (Å²) in [5, 5.41) is 3.13. The summed E-state index contributed by atoms with van der Waals surface area (Å²) >= 11 is 0. The summed E-state index contributed by atoms with van der Waals surface area (Å²) in [5.74, 6) is -2.08. The van der Waals surface area contributed by atoms with Crippen molar-refractivity contribution < 1.29 is 23.0 Å². The molecule has 2 aromatic rings. The van der Waals surface area contributed by atoms with Crippen LogP contribution in [0.25, 0.3) is 0 Å². The van der Waals surface area contributed by atoms with Crippen LogP contribution in [-0.2, 0) is 12.1 Å². The first-order valence-corrected chi connectivity index (χ1v) is 7.45. The Balaban J connectivity index is 1.85. The van der Waals surface area contributed by atoms with E-state index in [1.54, 1.807) is 13.8 Å². The summed E-state index contributed by atoms with van der Waals surface area (Å²) in [7, 11) is 0. The van der Waals surface area contributed by atoms with Gasteiger partial charge in [0.15, 0.2) is 23.2 Å². The van der Waals surface area contributed by atoms with Gasteiger partial charge < -0.3 is 20.5 Å². The lowest BCUT2D eigenvalue weighted by molar-refractivity contribution is 0.0990. The van der Waals surface area contributed by atoms with Crippen molar-refractivity contribution in [3.63, 3.8) is 0 Å². The monoisotopic (exact) mass is 350 g/mol. The highest BCUT2D eigenvalue weighted by atomic mass is 19.2. The molecule has 7 nitrogen and oxygen atoms in total. The molecule has 0 unspecified atom stereocenters. The number of nitrogens with one attached hydrogen (secondary N) is 1. The number of hydrogen-bond donors (Lipinski definition) is 2. The van der Waals surface area contributed by atoms with Gasteiger partial charge in [-0.2, -0.15) is 4.98 Å². The zero-order chi connectivity index (χ0) is 18.2. The maximum atomic E-state index is 13.3. The summed E-state index contributed by atoms with van der Waals surface area (Å²) in [6.07, 6.45) is 0. The highest BCUT2D eigenvalue weighted by molar-refractivity contribution is 5.94. The van der Waals surface area contributed by atoms with E-state index in [1.807, 2.05) is 0 Å². The second-order valence-corrected chi connectivity index (χ2v) is 6.03. The van der Waals surface area contributed by atoms with Crippen molar-refractivity contribution >= 4 is 5.91 Å². The van der Waals surface area contributed by atoms with E-state index in [-0.39, 0.29) is 36.5 Å². The van der Waals surface area contributed by atoms with Gasteiger partial charge in [-0.15, -0.1) is 0 Å². The molecule has 0 saturated heterocycles. The minimum absolute atomic E-state index is 0.0693. The molecule has 1 aliphatic rings. The van der Waals surface area contributed by atoms with Crippen LogP contribution in [0.1, 0.15) is 35.7 Å². The Morgan fingerprint density at radius 1 is 1.28 bits per heavy atom. The van der Waals surface area contributed by atoms with E-state index >= 15 is 0 Å². The van der Waals surface area contributed by atoms with E-state index < -0.39 is 23.1 Å². The van der Waals surface area contributed by atoms with Crippen LogP contribution in [0.3, 0.4) is 0 Å². The highest BCUT2D eigenvalue weighted by Crippen LogP contribution is 2.34. The molecule has 1 aromatic carbocycles. The normalized spacial score (nSPS) is 13.1. The molecule has 9 heteroatoms. The summed E-state index contributed by atoms with van der Waals surface area (Å²) in [6, 6.07) is 3.63. The molecule has 0 spiro atoms. The van der Waals surface area contributed by atoms with Gasteiger partial charge >= 0.3 is 0 Å². The van der Waals surface area contributed by atoms with Crippen LogP contribution in [-0.4, -0.2) is 22.7 Å². The zero-order valence-electron chi connectivity index (χ0n) is 13.6. The summed E-state index contributed by atoms with van der Waals surface area (Å²) < 4.78 is 36.7. The Bertz CT molecular complexity index is 842.